The quantitative estimate of drug-likeness (QED) is 0.702. The van der Waals surface area contributed by atoms with E-state index in [0.29, 0.717) is 24.0 Å². The van der Waals surface area contributed by atoms with Crippen molar-refractivity contribution in [2.24, 2.45) is 0 Å². The van der Waals surface area contributed by atoms with Gasteiger partial charge in [-0.25, -0.2) is 0 Å². The average Bonchev–Trinajstić information content (AvgIpc) is 2.56. The van der Waals surface area contributed by atoms with Crippen molar-refractivity contribution in [3.05, 3.63) is 84.0 Å². The number of nitriles is 2. The minimum Gasteiger partial charge on any atom is -0.192 e. The summed E-state index contributed by atoms with van der Waals surface area (Å²) in [5.41, 5.74) is 3.32. The normalized spacial score (nSPS) is 9.65. The fourth-order valence-electron chi connectivity index (χ4n) is 2.27. The molecule has 2 aromatic rings. The van der Waals surface area contributed by atoms with Crippen molar-refractivity contribution in [1.29, 1.82) is 10.5 Å². The Bertz CT molecular complexity index is 753. The van der Waals surface area contributed by atoms with Crippen molar-refractivity contribution in [1.82, 2.24) is 0 Å². The van der Waals surface area contributed by atoms with Gasteiger partial charge in [0.05, 0.1) is 23.3 Å². The Hall–Kier alpha value is -2.75. The van der Waals surface area contributed by atoms with Crippen LogP contribution in [0.4, 0.5) is 0 Å². The predicted octanol–water partition coefficient (Wildman–Crippen LogP) is 5.04. The molecule has 2 aromatic carbocycles. The molecule has 0 atom stereocenters. The molecule has 0 bridgehead atoms. The molecule has 0 N–H and O–H groups in total. The van der Waals surface area contributed by atoms with Gasteiger partial charge in [-0.15, -0.1) is 13.2 Å². The van der Waals surface area contributed by atoms with Gasteiger partial charge in [-0.2, -0.15) is 10.5 Å². The van der Waals surface area contributed by atoms with Crippen LogP contribution in [-0.4, -0.2) is 0 Å². The Kier molecular flexibility index (Phi) is 5.80. The summed E-state index contributed by atoms with van der Waals surface area (Å²) in [5.74, 6) is 0. The highest BCUT2D eigenvalue weighted by Gasteiger charge is 2.06. The van der Waals surface area contributed by atoms with Gasteiger partial charge in [0.25, 0.3) is 0 Å². The Labute approximate surface area is 141 Å². The predicted molar refractivity (Wildman–Crippen MR) is 94.2 cm³/mol. The van der Waals surface area contributed by atoms with Crippen LogP contribution in [0.25, 0.3) is 0 Å². The largest absolute Gasteiger partial charge is 0.192 e. The Morgan fingerprint density at radius 1 is 0.826 bits per heavy atom. The van der Waals surface area contributed by atoms with Gasteiger partial charge in [0, 0.05) is 9.79 Å². The third-order valence-corrected chi connectivity index (χ3v) is 4.34. The SMILES string of the molecule is C=CCc1cc(Sc2ccc(C#N)c(CC=C)c2)ccc1C#N. The van der Waals surface area contributed by atoms with E-state index in [9.17, 15) is 0 Å². The fourth-order valence-corrected chi connectivity index (χ4v) is 3.22. The van der Waals surface area contributed by atoms with E-state index in [1.807, 2.05) is 36.4 Å². The molecule has 0 aromatic heterocycles. The smallest absolute Gasteiger partial charge is 0.0994 e. The third-order valence-electron chi connectivity index (χ3n) is 3.36. The summed E-state index contributed by atoms with van der Waals surface area (Å²) < 4.78 is 0. The molecule has 0 aliphatic carbocycles. The first-order valence-electron chi connectivity index (χ1n) is 7.17. The zero-order valence-electron chi connectivity index (χ0n) is 12.7. The first-order chi connectivity index (χ1) is 11.2. The average molecular weight is 316 g/mol. The first kappa shape index (κ1) is 16.6. The molecule has 0 saturated carbocycles. The number of allylic oxidation sites excluding steroid dienone is 2. The lowest BCUT2D eigenvalue weighted by atomic mass is 10.1. The van der Waals surface area contributed by atoms with Gasteiger partial charge in [-0.1, -0.05) is 23.9 Å². The molecule has 0 heterocycles. The standard InChI is InChI=1S/C20H16N2S/c1-3-5-15-11-19(9-7-17(15)13-21)23-20-10-8-18(14-22)16(12-20)6-4-2/h3-4,7-12H,1-2,5-6H2. The van der Waals surface area contributed by atoms with Crippen LogP contribution in [0.1, 0.15) is 22.3 Å². The second-order valence-corrected chi connectivity index (χ2v) is 6.10. The molecule has 112 valence electrons. The molecule has 2 nitrogen and oxygen atoms in total. The van der Waals surface area contributed by atoms with E-state index in [4.69, 9.17) is 10.5 Å². The van der Waals surface area contributed by atoms with Gasteiger partial charge in [-0.3, -0.25) is 0 Å². The maximum atomic E-state index is 9.15. The van der Waals surface area contributed by atoms with Crippen LogP contribution in [0.2, 0.25) is 0 Å². The number of hydrogen-bond donors (Lipinski definition) is 0. The topological polar surface area (TPSA) is 47.6 Å². The highest BCUT2D eigenvalue weighted by molar-refractivity contribution is 7.99. The summed E-state index contributed by atoms with van der Waals surface area (Å²) in [4.78, 5) is 2.13. The van der Waals surface area contributed by atoms with Crippen molar-refractivity contribution in [3.63, 3.8) is 0 Å². The lowest BCUT2D eigenvalue weighted by molar-refractivity contribution is 1.20. The Morgan fingerprint density at radius 2 is 1.26 bits per heavy atom. The minimum absolute atomic E-state index is 0.673. The van der Waals surface area contributed by atoms with Crippen molar-refractivity contribution >= 4 is 11.8 Å². The van der Waals surface area contributed by atoms with E-state index >= 15 is 0 Å². The lowest BCUT2D eigenvalue weighted by Crippen LogP contribution is -1.90. The molecule has 0 aliphatic rings. The maximum absolute atomic E-state index is 9.15. The molecular weight excluding hydrogens is 300 g/mol. The maximum Gasteiger partial charge on any atom is 0.0994 e. The molecule has 2 rings (SSSR count). The summed E-state index contributed by atoms with van der Waals surface area (Å²) in [6, 6.07) is 16.0. The first-order valence-corrected chi connectivity index (χ1v) is 7.99. The van der Waals surface area contributed by atoms with Crippen molar-refractivity contribution in [2.45, 2.75) is 22.6 Å². The Balaban J connectivity index is 2.32. The second kappa shape index (κ2) is 8.03. The van der Waals surface area contributed by atoms with Crippen molar-refractivity contribution in [2.75, 3.05) is 0 Å². The Morgan fingerprint density at radius 3 is 1.61 bits per heavy atom. The zero-order chi connectivity index (χ0) is 16.7. The van der Waals surface area contributed by atoms with Gasteiger partial charge >= 0.3 is 0 Å². The van der Waals surface area contributed by atoms with Gasteiger partial charge in [-0.05, 0) is 60.4 Å². The van der Waals surface area contributed by atoms with Crippen LogP contribution in [-0.2, 0) is 12.8 Å². The van der Waals surface area contributed by atoms with Gasteiger partial charge in [0.2, 0.25) is 0 Å². The van der Waals surface area contributed by atoms with Crippen molar-refractivity contribution < 1.29 is 0 Å². The van der Waals surface area contributed by atoms with Crippen LogP contribution in [0.5, 0.6) is 0 Å². The summed E-state index contributed by atoms with van der Waals surface area (Å²) >= 11 is 1.62. The molecule has 0 aliphatic heterocycles. The summed E-state index contributed by atoms with van der Waals surface area (Å²) in [6.07, 6.45) is 4.95. The lowest BCUT2D eigenvalue weighted by Gasteiger charge is -2.08. The molecule has 23 heavy (non-hydrogen) atoms. The second-order valence-electron chi connectivity index (χ2n) is 4.95. The molecular formula is C20H16N2S. The molecule has 3 heteroatoms. The van der Waals surface area contributed by atoms with Crippen molar-refractivity contribution in [3.8, 4) is 12.1 Å². The van der Waals surface area contributed by atoms with Crippen LogP contribution < -0.4 is 0 Å². The van der Waals surface area contributed by atoms with Crippen LogP contribution >= 0.6 is 11.8 Å². The van der Waals surface area contributed by atoms with Crippen LogP contribution in [0.15, 0.2) is 71.5 Å². The summed E-state index contributed by atoms with van der Waals surface area (Å²) in [7, 11) is 0. The molecule has 0 radical (unpaired) electrons. The van der Waals surface area contributed by atoms with Gasteiger partial charge < -0.3 is 0 Å². The molecule has 0 saturated heterocycles. The summed E-state index contributed by atoms with van der Waals surface area (Å²) in [5, 5.41) is 18.3. The highest BCUT2D eigenvalue weighted by Crippen LogP contribution is 2.31. The highest BCUT2D eigenvalue weighted by atomic mass is 32.2. The number of benzene rings is 2. The van der Waals surface area contributed by atoms with Crippen LogP contribution in [0.3, 0.4) is 0 Å². The number of rotatable bonds is 6. The number of hydrogen-bond acceptors (Lipinski definition) is 3. The summed E-state index contributed by atoms with van der Waals surface area (Å²) in [6.45, 7) is 7.48. The molecule has 0 unspecified atom stereocenters. The fraction of sp³-hybridized carbons (Fsp3) is 0.100. The van der Waals surface area contributed by atoms with E-state index in [2.05, 4.69) is 25.3 Å². The van der Waals surface area contributed by atoms with E-state index < -0.39 is 0 Å². The van der Waals surface area contributed by atoms with E-state index in [1.165, 1.54) is 0 Å². The van der Waals surface area contributed by atoms with E-state index in [0.717, 1.165) is 20.9 Å². The molecule has 0 spiro atoms. The van der Waals surface area contributed by atoms with E-state index in [1.54, 1.807) is 23.9 Å². The minimum atomic E-state index is 0.673. The molecule has 0 amide bonds. The van der Waals surface area contributed by atoms with Gasteiger partial charge in [0.1, 0.15) is 0 Å². The molecule has 0 fully saturated rings. The third kappa shape index (κ3) is 4.13. The zero-order valence-corrected chi connectivity index (χ0v) is 13.6. The number of nitrogens with zero attached hydrogens (tertiary/aromatic N) is 2. The van der Waals surface area contributed by atoms with Crippen LogP contribution in [0, 0.1) is 22.7 Å². The monoisotopic (exact) mass is 316 g/mol. The van der Waals surface area contributed by atoms with Gasteiger partial charge in [0.15, 0.2) is 0 Å². The van der Waals surface area contributed by atoms with E-state index in [-0.39, 0.29) is 0 Å².